The van der Waals surface area contributed by atoms with Crippen molar-refractivity contribution in [2.45, 2.75) is 32.7 Å². The van der Waals surface area contributed by atoms with Crippen LogP contribution in [0.3, 0.4) is 0 Å². The first-order valence-corrected chi connectivity index (χ1v) is 6.01. The highest BCUT2D eigenvalue weighted by Gasteiger charge is 2.27. The molecule has 0 fully saturated rings. The highest BCUT2D eigenvalue weighted by molar-refractivity contribution is 5.62. The van der Waals surface area contributed by atoms with Crippen LogP contribution >= 0.6 is 0 Å². The Bertz CT molecular complexity index is 367. The monoisotopic (exact) mass is 239 g/mol. The first kappa shape index (κ1) is 13.8. The molecule has 0 bridgehead atoms. The number of nitrogens with zero attached hydrogens (tertiary/aromatic N) is 3. The second-order valence-corrected chi connectivity index (χ2v) is 5.59. The minimum absolute atomic E-state index is 0.0873. The highest BCUT2D eigenvalue weighted by atomic mass is 15.4. The maximum atomic E-state index is 5.95. The standard InChI is InChI=1S/C12H25N5/c1-9(7-13)6-12(2,3)17-11(16(4)5)10(14)8-15-17/h8-9H,6-7,13-14H2,1-5H3. The first-order valence-electron chi connectivity index (χ1n) is 6.01. The van der Waals surface area contributed by atoms with E-state index in [4.69, 9.17) is 11.5 Å². The minimum Gasteiger partial charge on any atom is -0.394 e. The zero-order valence-electron chi connectivity index (χ0n) is 11.6. The van der Waals surface area contributed by atoms with E-state index in [2.05, 4.69) is 25.9 Å². The Hall–Kier alpha value is -1.23. The molecular weight excluding hydrogens is 214 g/mol. The topological polar surface area (TPSA) is 73.1 Å². The molecule has 0 aliphatic carbocycles. The summed E-state index contributed by atoms with van der Waals surface area (Å²) in [6.45, 7) is 7.18. The lowest BCUT2D eigenvalue weighted by Crippen LogP contribution is -2.34. The molecule has 1 rings (SSSR count). The minimum atomic E-state index is -0.0873. The van der Waals surface area contributed by atoms with Gasteiger partial charge in [0.15, 0.2) is 0 Å². The van der Waals surface area contributed by atoms with Crippen LogP contribution in [0.15, 0.2) is 6.20 Å². The highest BCUT2D eigenvalue weighted by Crippen LogP contribution is 2.31. The quantitative estimate of drug-likeness (QED) is 0.811. The number of aromatic nitrogens is 2. The molecule has 0 radical (unpaired) electrons. The van der Waals surface area contributed by atoms with Gasteiger partial charge in [-0.15, -0.1) is 0 Å². The smallest absolute Gasteiger partial charge is 0.150 e. The molecule has 0 saturated heterocycles. The third-order valence-corrected chi connectivity index (χ3v) is 3.02. The lowest BCUT2D eigenvalue weighted by molar-refractivity contribution is 0.255. The Kier molecular flexibility index (Phi) is 4.03. The predicted molar refractivity (Wildman–Crippen MR) is 73.1 cm³/mol. The summed E-state index contributed by atoms with van der Waals surface area (Å²) < 4.78 is 1.99. The third-order valence-electron chi connectivity index (χ3n) is 3.02. The summed E-state index contributed by atoms with van der Waals surface area (Å²) in [5, 5.41) is 4.41. The van der Waals surface area contributed by atoms with Crippen molar-refractivity contribution in [1.82, 2.24) is 9.78 Å². The van der Waals surface area contributed by atoms with Crippen molar-refractivity contribution in [2.24, 2.45) is 11.7 Å². The van der Waals surface area contributed by atoms with E-state index in [0.29, 0.717) is 18.2 Å². The molecule has 1 atom stereocenters. The van der Waals surface area contributed by atoms with Crippen molar-refractivity contribution in [3.8, 4) is 0 Å². The Morgan fingerprint density at radius 1 is 1.47 bits per heavy atom. The Labute approximate surface area is 104 Å². The molecule has 17 heavy (non-hydrogen) atoms. The molecule has 1 unspecified atom stereocenters. The molecule has 5 heteroatoms. The van der Waals surface area contributed by atoms with Crippen LogP contribution in [-0.2, 0) is 5.54 Å². The predicted octanol–water partition coefficient (Wildman–Crippen LogP) is 1.25. The van der Waals surface area contributed by atoms with Crippen LogP contribution in [0, 0.1) is 5.92 Å². The van der Waals surface area contributed by atoms with E-state index in [1.807, 2.05) is 23.7 Å². The van der Waals surface area contributed by atoms with E-state index in [1.54, 1.807) is 6.20 Å². The van der Waals surface area contributed by atoms with Crippen LogP contribution in [0.2, 0.25) is 0 Å². The molecule has 4 N–H and O–H groups in total. The van der Waals surface area contributed by atoms with E-state index in [-0.39, 0.29) is 5.54 Å². The van der Waals surface area contributed by atoms with Gasteiger partial charge in [-0.05, 0) is 32.7 Å². The maximum absolute atomic E-state index is 5.95. The lowest BCUT2D eigenvalue weighted by Gasteiger charge is -2.31. The van der Waals surface area contributed by atoms with E-state index in [0.717, 1.165) is 12.2 Å². The summed E-state index contributed by atoms with van der Waals surface area (Å²) in [6.07, 6.45) is 2.69. The van der Waals surface area contributed by atoms with Gasteiger partial charge in [-0.1, -0.05) is 6.92 Å². The van der Waals surface area contributed by atoms with E-state index < -0.39 is 0 Å². The van der Waals surface area contributed by atoms with Crippen molar-refractivity contribution in [3.63, 3.8) is 0 Å². The lowest BCUT2D eigenvalue weighted by atomic mass is 9.92. The first-order chi connectivity index (χ1) is 7.79. The number of hydrogen-bond acceptors (Lipinski definition) is 4. The van der Waals surface area contributed by atoms with Crippen LogP contribution < -0.4 is 16.4 Å². The summed E-state index contributed by atoms with van der Waals surface area (Å²) in [7, 11) is 3.96. The fourth-order valence-corrected chi connectivity index (χ4v) is 2.27. The number of anilines is 2. The van der Waals surface area contributed by atoms with Gasteiger partial charge in [0.2, 0.25) is 0 Å². The van der Waals surface area contributed by atoms with Gasteiger partial charge in [0.1, 0.15) is 5.82 Å². The van der Waals surface area contributed by atoms with Crippen LogP contribution in [0.4, 0.5) is 11.5 Å². The van der Waals surface area contributed by atoms with Crippen LogP contribution in [0.25, 0.3) is 0 Å². The average Bonchev–Trinajstić information content (AvgIpc) is 2.60. The zero-order valence-corrected chi connectivity index (χ0v) is 11.6. The normalized spacial score (nSPS) is 13.8. The molecule has 5 nitrogen and oxygen atoms in total. The number of hydrogen-bond donors (Lipinski definition) is 2. The number of nitrogen functional groups attached to an aromatic ring is 1. The van der Waals surface area contributed by atoms with Crippen LogP contribution in [0.5, 0.6) is 0 Å². The molecule has 0 aliphatic heterocycles. The molecule has 0 aliphatic rings. The molecule has 0 aromatic carbocycles. The summed E-state index contributed by atoms with van der Waals surface area (Å²) in [6, 6.07) is 0. The summed E-state index contributed by atoms with van der Waals surface area (Å²) in [5.41, 5.74) is 12.3. The van der Waals surface area contributed by atoms with Crippen molar-refractivity contribution in [2.75, 3.05) is 31.3 Å². The second-order valence-electron chi connectivity index (χ2n) is 5.59. The summed E-state index contributed by atoms with van der Waals surface area (Å²) in [4.78, 5) is 2.00. The second kappa shape index (κ2) is 4.96. The molecular formula is C12H25N5. The van der Waals surface area contributed by atoms with E-state index in [9.17, 15) is 0 Å². The molecule has 1 aromatic heterocycles. The van der Waals surface area contributed by atoms with Gasteiger partial charge in [-0.2, -0.15) is 5.10 Å². The van der Waals surface area contributed by atoms with Gasteiger partial charge in [-0.25, -0.2) is 4.68 Å². The third kappa shape index (κ3) is 2.91. The summed E-state index contributed by atoms with van der Waals surface area (Å²) in [5.74, 6) is 1.42. The maximum Gasteiger partial charge on any atom is 0.150 e. The molecule has 0 saturated carbocycles. The van der Waals surface area contributed by atoms with E-state index >= 15 is 0 Å². The van der Waals surface area contributed by atoms with Gasteiger partial charge in [0, 0.05) is 14.1 Å². The molecule has 0 amide bonds. The fraction of sp³-hybridized carbons (Fsp3) is 0.750. The van der Waals surface area contributed by atoms with Crippen LogP contribution in [0.1, 0.15) is 27.2 Å². The van der Waals surface area contributed by atoms with Gasteiger partial charge in [0.05, 0.1) is 17.4 Å². The molecule has 1 aromatic rings. The molecule has 0 spiro atoms. The average molecular weight is 239 g/mol. The van der Waals surface area contributed by atoms with Gasteiger partial charge in [0.25, 0.3) is 0 Å². The van der Waals surface area contributed by atoms with Gasteiger partial charge < -0.3 is 16.4 Å². The van der Waals surface area contributed by atoms with Crippen molar-refractivity contribution >= 4 is 11.5 Å². The van der Waals surface area contributed by atoms with Gasteiger partial charge in [-0.3, -0.25) is 0 Å². The Morgan fingerprint density at radius 2 is 2.06 bits per heavy atom. The molecule has 1 heterocycles. The van der Waals surface area contributed by atoms with Crippen molar-refractivity contribution in [3.05, 3.63) is 6.20 Å². The Morgan fingerprint density at radius 3 is 2.53 bits per heavy atom. The Balaban J connectivity index is 3.06. The zero-order chi connectivity index (χ0) is 13.2. The van der Waals surface area contributed by atoms with Crippen molar-refractivity contribution in [1.29, 1.82) is 0 Å². The fourth-order valence-electron chi connectivity index (χ4n) is 2.27. The SMILES string of the molecule is CC(CN)CC(C)(C)n1ncc(N)c1N(C)C. The van der Waals surface area contributed by atoms with Crippen LogP contribution in [-0.4, -0.2) is 30.4 Å². The molecule has 98 valence electrons. The van der Waals surface area contributed by atoms with E-state index in [1.165, 1.54) is 0 Å². The largest absolute Gasteiger partial charge is 0.394 e. The van der Waals surface area contributed by atoms with Crippen molar-refractivity contribution < 1.29 is 0 Å². The summed E-state index contributed by atoms with van der Waals surface area (Å²) >= 11 is 0. The number of rotatable bonds is 5. The number of nitrogens with two attached hydrogens (primary N) is 2. The van der Waals surface area contributed by atoms with Gasteiger partial charge >= 0.3 is 0 Å².